The number of carbonyl (C=O) groups is 1. The van der Waals surface area contributed by atoms with Crippen LogP contribution in [-0.2, 0) is 0 Å². The van der Waals surface area contributed by atoms with Gasteiger partial charge in [-0.05, 0) is 71.6 Å². The molecule has 5 heteroatoms. The lowest BCUT2D eigenvalue weighted by Crippen LogP contribution is -2.31. The molecule has 1 aromatic heterocycles. The zero-order valence-corrected chi connectivity index (χ0v) is 15.9. The standard InChI is InChI=1S/C19H23BrN2O2/c1-4-22(18-10-7-16(20)13-21-18)19(23)15-5-8-17(9-6-15)24-12-11-14(2)3/h5-10,13-14H,4,11-12H2,1-3H3. The second kappa shape index (κ2) is 8.83. The largest absolute Gasteiger partial charge is 0.494 e. The SMILES string of the molecule is CCN(C(=O)c1ccc(OCCC(C)C)cc1)c1ccc(Br)cn1. The van der Waals surface area contributed by atoms with E-state index in [1.807, 2.05) is 31.2 Å². The van der Waals surface area contributed by atoms with E-state index in [1.165, 1.54) is 0 Å². The molecule has 0 atom stereocenters. The van der Waals surface area contributed by atoms with E-state index in [0.717, 1.165) is 16.6 Å². The van der Waals surface area contributed by atoms with Crippen molar-refractivity contribution >= 4 is 27.7 Å². The minimum Gasteiger partial charge on any atom is -0.494 e. The molecule has 0 N–H and O–H groups in total. The second-order valence-corrected chi connectivity index (χ2v) is 6.86. The molecule has 0 radical (unpaired) electrons. The van der Waals surface area contributed by atoms with Crippen molar-refractivity contribution in [3.63, 3.8) is 0 Å². The maximum Gasteiger partial charge on any atom is 0.259 e. The lowest BCUT2D eigenvalue weighted by Gasteiger charge is -2.20. The highest BCUT2D eigenvalue weighted by Gasteiger charge is 2.17. The van der Waals surface area contributed by atoms with Crippen molar-refractivity contribution in [2.45, 2.75) is 27.2 Å². The Balaban J connectivity index is 2.06. The third-order valence-electron chi connectivity index (χ3n) is 3.61. The predicted molar refractivity (Wildman–Crippen MR) is 101 cm³/mol. The molecule has 4 nitrogen and oxygen atoms in total. The first kappa shape index (κ1) is 18.5. The summed E-state index contributed by atoms with van der Waals surface area (Å²) in [6, 6.07) is 11.0. The first-order chi connectivity index (χ1) is 11.5. The number of aromatic nitrogens is 1. The molecule has 1 amide bonds. The fourth-order valence-electron chi connectivity index (χ4n) is 2.20. The van der Waals surface area contributed by atoms with Crippen LogP contribution >= 0.6 is 15.9 Å². The summed E-state index contributed by atoms with van der Waals surface area (Å²) in [5, 5.41) is 0. The number of nitrogens with zero attached hydrogens (tertiary/aromatic N) is 2. The van der Waals surface area contributed by atoms with Crippen LogP contribution in [0.5, 0.6) is 5.75 Å². The molecule has 0 fully saturated rings. The van der Waals surface area contributed by atoms with Gasteiger partial charge in [0, 0.05) is 22.8 Å². The zero-order chi connectivity index (χ0) is 17.5. The number of pyridine rings is 1. The van der Waals surface area contributed by atoms with Crippen molar-refractivity contribution in [1.82, 2.24) is 4.98 Å². The van der Waals surface area contributed by atoms with Gasteiger partial charge in [0.2, 0.25) is 0 Å². The number of rotatable bonds is 7. The highest BCUT2D eigenvalue weighted by atomic mass is 79.9. The van der Waals surface area contributed by atoms with E-state index in [0.29, 0.717) is 30.5 Å². The fraction of sp³-hybridized carbons (Fsp3) is 0.368. The molecule has 0 saturated carbocycles. The molecule has 0 bridgehead atoms. The normalized spacial score (nSPS) is 10.7. The number of anilines is 1. The summed E-state index contributed by atoms with van der Waals surface area (Å²) in [6.45, 7) is 7.52. The Hall–Kier alpha value is -1.88. The van der Waals surface area contributed by atoms with Gasteiger partial charge < -0.3 is 4.74 Å². The van der Waals surface area contributed by atoms with Crippen LogP contribution < -0.4 is 9.64 Å². The van der Waals surface area contributed by atoms with Gasteiger partial charge >= 0.3 is 0 Å². The van der Waals surface area contributed by atoms with E-state index < -0.39 is 0 Å². The smallest absolute Gasteiger partial charge is 0.259 e. The van der Waals surface area contributed by atoms with Gasteiger partial charge in [0.1, 0.15) is 11.6 Å². The summed E-state index contributed by atoms with van der Waals surface area (Å²) in [6.07, 6.45) is 2.70. The van der Waals surface area contributed by atoms with Gasteiger partial charge in [-0.2, -0.15) is 0 Å². The Morgan fingerprint density at radius 2 is 1.92 bits per heavy atom. The third kappa shape index (κ3) is 5.06. The number of benzene rings is 1. The summed E-state index contributed by atoms with van der Waals surface area (Å²) >= 11 is 3.36. The van der Waals surface area contributed by atoms with Crippen LogP contribution in [0.25, 0.3) is 0 Å². The molecule has 128 valence electrons. The Kier molecular flexibility index (Phi) is 6.79. The van der Waals surface area contributed by atoms with E-state index in [2.05, 4.69) is 34.8 Å². The predicted octanol–water partition coefficient (Wildman–Crippen LogP) is 4.94. The number of amides is 1. The molecule has 0 saturated heterocycles. The Labute approximate surface area is 152 Å². The molecule has 1 heterocycles. The van der Waals surface area contributed by atoms with Gasteiger partial charge in [-0.1, -0.05) is 13.8 Å². The maximum atomic E-state index is 12.7. The fourth-order valence-corrected chi connectivity index (χ4v) is 2.43. The van der Waals surface area contributed by atoms with E-state index in [4.69, 9.17) is 4.74 Å². The van der Waals surface area contributed by atoms with Crippen molar-refractivity contribution in [2.24, 2.45) is 5.92 Å². The lowest BCUT2D eigenvalue weighted by atomic mass is 10.1. The zero-order valence-electron chi connectivity index (χ0n) is 14.3. The van der Waals surface area contributed by atoms with Gasteiger partial charge in [-0.3, -0.25) is 9.69 Å². The molecule has 24 heavy (non-hydrogen) atoms. The Morgan fingerprint density at radius 1 is 1.21 bits per heavy atom. The molecule has 2 rings (SSSR count). The topological polar surface area (TPSA) is 42.4 Å². The molecule has 0 unspecified atom stereocenters. The first-order valence-corrected chi connectivity index (χ1v) is 8.96. The van der Waals surface area contributed by atoms with E-state index in [1.54, 1.807) is 23.2 Å². The Bertz CT molecular complexity index is 654. The number of carbonyl (C=O) groups excluding carboxylic acids is 1. The lowest BCUT2D eigenvalue weighted by molar-refractivity contribution is 0.0987. The van der Waals surface area contributed by atoms with Crippen LogP contribution in [0.3, 0.4) is 0 Å². The van der Waals surface area contributed by atoms with Gasteiger partial charge in [-0.25, -0.2) is 4.98 Å². The van der Waals surface area contributed by atoms with Crippen LogP contribution in [0.15, 0.2) is 47.1 Å². The molecular weight excluding hydrogens is 368 g/mol. The van der Waals surface area contributed by atoms with E-state index >= 15 is 0 Å². The average molecular weight is 391 g/mol. The summed E-state index contributed by atoms with van der Waals surface area (Å²) < 4.78 is 6.58. The first-order valence-electron chi connectivity index (χ1n) is 8.17. The summed E-state index contributed by atoms with van der Waals surface area (Å²) in [4.78, 5) is 18.7. The van der Waals surface area contributed by atoms with Gasteiger partial charge in [-0.15, -0.1) is 0 Å². The monoisotopic (exact) mass is 390 g/mol. The number of hydrogen-bond donors (Lipinski definition) is 0. The van der Waals surface area contributed by atoms with Crippen LogP contribution in [0.4, 0.5) is 5.82 Å². The molecule has 0 aliphatic rings. The number of hydrogen-bond acceptors (Lipinski definition) is 3. The minimum absolute atomic E-state index is 0.0685. The molecular formula is C19H23BrN2O2. The van der Waals surface area contributed by atoms with Crippen molar-refractivity contribution in [1.29, 1.82) is 0 Å². The van der Waals surface area contributed by atoms with Crippen LogP contribution in [0.1, 0.15) is 37.6 Å². The van der Waals surface area contributed by atoms with Gasteiger partial charge in [0.05, 0.1) is 6.61 Å². The van der Waals surface area contributed by atoms with Crippen LogP contribution in [0.2, 0.25) is 0 Å². The summed E-state index contributed by atoms with van der Waals surface area (Å²) in [5.41, 5.74) is 0.623. The minimum atomic E-state index is -0.0685. The number of ether oxygens (including phenoxy) is 1. The second-order valence-electron chi connectivity index (χ2n) is 5.94. The molecule has 0 aliphatic carbocycles. The van der Waals surface area contributed by atoms with E-state index in [-0.39, 0.29) is 5.91 Å². The molecule has 1 aromatic carbocycles. The average Bonchev–Trinajstić information content (AvgIpc) is 2.57. The number of halogens is 1. The quantitative estimate of drug-likeness (QED) is 0.672. The van der Waals surface area contributed by atoms with Crippen molar-refractivity contribution in [3.05, 3.63) is 52.6 Å². The van der Waals surface area contributed by atoms with Gasteiger partial charge in [0.25, 0.3) is 5.91 Å². The van der Waals surface area contributed by atoms with Crippen molar-refractivity contribution < 1.29 is 9.53 Å². The van der Waals surface area contributed by atoms with Crippen LogP contribution in [-0.4, -0.2) is 24.0 Å². The van der Waals surface area contributed by atoms with Crippen molar-refractivity contribution in [3.8, 4) is 5.75 Å². The van der Waals surface area contributed by atoms with Crippen molar-refractivity contribution in [2.75, 3.05) is 18.1 Å². The van der Waals surface area contributed by atoms with Crippen LogP contribution in [0, 0.1) is 5.92 Å². The molecule has 0 aliphatic heterocycles. The summed E-state index contributed by atoms with van der Waals surface area (Å²) in [7, 11) is 0. The maximum absolute atomic E-state index is 12.7. The Morgan fingerprint density at radius 3 is 2.46 bits per heavy atom. The van der Waals surface area contributed by atoms with E-state index in [9.17, 15) is 4.79 Å². The van der Waals surface area contributed by atoms with Gasteiger partial charge in [0.15, 0.2) is 0 Å². The highest BCUT2D eigenvalue weighted by Crippen LogP contribution is 2.19. The molecule has 2 aromatic rings. The molecule has 0 spiro atoms. The summed E-state index contributed by atoms with van der Waals surface area (Å²) in [5.74, 6) is 1.98. The highest BCUT2D eigenvalue weighted by molar-refractivity contribution is 9.10. The third-order valence-corrected chi connectivity index (χ3v) is 4.08.